The lowest BCUT2D eigenvalue weighted by molar-refractivity contribution is -0.116. The van der Waals surface area contributed by atoms with E-state index in [1.165, 1.54) is 0 Å². The monoisotopic (exact) mass is 359 g/mol. The van der Waals surface area contributed by atoms with Gasteiger partial charge in [-0.15, -0.1) is 0 Å². The Balaban J connectivity index is 1.84. The molecule has 4 nitrogen and oxygen atoms in total. The number of carbonyl (C=O) groups excluding carboxylic acids is 1. The number of Topliss-reactive ketones (excluding diaryl/α,β-unsaturated/α-hetero) is 1. The molecule has 2 aliphatic heterocycles. The number of ether oxygens (including phenoxy) is 1. The van der Waals surface area contributed by atoms with Crippen molar-refractivity contribution in [3.05, 3.63) is 41.8 Å². The molecule has 2 aliphatic rings. The predicted octanol–water partition coefficient (Wildman–Crippen LogP) is 4.05. The maximum Gasteiger partial charge on any atom is 0.201 e. The van der Waals surface area contributed by atoms with Gasteiger partial charge in [-0.25, -0.2) is 0 Å². The number of hydrogen-bond donors (Lipinski definition) is 0. The molecule has 1 fully saturated rings. The molecule has 3 rings (SSSR count). The van der Waals surface area contributed by atoms with Crippen LogP contribution in [0.4, 0.5) is 0 Å². The van der Waals surface area contributed by atoms with E-state index in [1.54, 1.807) is 7.11 Å². The zero-order valence-electron chi connectivity index (χ0n) is 16.1. The molecule has 1 saturated heterocycles. The standard InChI is InChI=1S/C20H29NO3Si/c1-20(2,3)25(5,6)24-15-12-16-18(22)17(14-10-8-7-9-11-14)19(23-4)21(16)13-15/h7-11,15-16H,12-13H2,1-6H3. The van der Waals surface area contributed by atoms with E-state index in [1.807, 2.05) is 30.3 Å². The lowest BCUT2D eigenvalue weighted by atomic mass is 9.99. The summed E-state index contributed by atoms with van der Waals surface area (Å²) in [7, 11) is -0.199. The first-order chi connectivity index (χ1) is 11.7. The first-order valence-corrected chi connectivity index (χ1v) is 11.9. The van der Waals surface area contributed by atoms with Crippen LogP contribution in [0.1, 0.15) is 32.8 Å². The molecule has 2 heterocycles. The van der Waals surface area contributed by atoms with Crippen molar-refractivity contribution in [2.24, 2.45) is 0 Å². The molecule has 25 heavy (non-hydrogen) atoms. The van der Waals surface area contributed by atoms with Gasteiger partial charge in [0.1, 0.15) is 0 Å². The van der Waals surface area contributed by atoms with Crippen molar-refractivity contribution in [3.8, 4) is 0 Å². The van der Waals surface area contributed by atoms with Gasteiger partial charge in [-0.2, -0.15) is 0 Å². The first kappa shape index (κ1) is 18.2. The number of hydrogen-bond acceptors (Lipinski definition) is 4. The molecule has 136 valence electrons. The quantitative estimate of drug-likeness (QED) is 0.760. The Morgan fingerprint density at radius 3 is 2.36 bits per heavy atom. The molecular weight excluding hydrogens is 330 g/mol. The van der Waals surface area contributed by atoms with E-state index in [0.717, 1.165) is 18.5 Å². The van der Waals surface area contributed by atoms with Crippen molar-refractivity contribution < 1.29 is 14.0 Å². The third-order valence-corrected chi connectivity index (χ3v) is 10.3. The van der Waals surface area contributed by atoms with Crippen LogP contribution < -0.4 is 0 Å². The van der Waals surface area contributed by atoms with Crippen molar-refractivity contribution >= 4 is 19.7 Å². The fourth-order valence-electron chi connectivity index (χ4n) is 3.45. The zero-order chi connectivity index (χ0) is 18.4. The van der Waals surface area contributed by atoms with Gasteiger partial charge in [0.05, 0.1) is 24.8 Å². The van der Waals surface area contributed by atoms with Crippen LogP contribution in [-0.2, 0) is 14.0 Å². The van der Waals surface area contributed by atoms with Gasteiger partial charge in [0.25, 0.3) is 0 Å². The summed E-state index contributed by atoms with van der Waals surface area (Å²) in [6, 6.07) is 9.65. The third kappa shape index (κ3) is 3.15. The number of rotatable bonds is 4. The number of methoxy groups -OCH3 is 1. The van der Waals surface area contributed by atoms with Gasteiger partial charge in [0.15, 0.2) is 14.1 Å². The molecular formula is C20H29NO3Si. The maximum atomic E-state index is 13.0. The molecule has 0 radical (unpaired) electrons. The van der Waals surface area contributed by atoms with Crippen LogP contribution in [0.2, 0.25) is 18.1 Å². The predicted molar refractivity (Wildman–Crippen MR) is 103 cm³/mol. The van der Waals surface area contributed by atoms with E-state index < -0.39 is 8.32 Å². The molecule has 1 aromatic rings. The summed E-state index contributed by atoms with van der Waals surface area (Å²) in [5.41, 5.74) is 1.64. The van der Waals surface area contributed by atoms with Crippen LogP contribution in [-0.4, -0.2) is 44.8 Å². The number of benzene rings is 1. The van der Waals surface area contributed by atoms with E-state index in [0.29, 0.717) is 11.5 Å². The summed E-state index contributed by atoms with van der Waals surface area (Å²) in [6.07, 6.45) is 0.839. The lowest BCUT2D eigenvalue weighted by Gasteiger charge is -2.38. The number of nitrogens with zero attached hydrogens (tertiary/aromatic N) is 1. The fraction of sp³-hybridized carbons (Fsp3) is 0.550. The van der Waals surface area contributed by atoms with Crippen molar-refractivity contribution in [3.63, 3.8) is 0 Å². The number of carbonyl (C=O) groups is 1. The van der Waals surface area contributed by atoms with Gasteiger partial charge in [-0.3, -0.25) is 4.79 Å². The summed E-state index contributed by atoms with van der Waals surface area (Å²) in [4.78, 5) is 15.1. The molecule has 0 saturated carbocycles. The molecule has 0 aromatic heterocycles. The molecule has 0 spiro atoms. The Labute approximate surface area is 151 Å². The van der Waals surface area contributed by atoms with Gasteiger partial charge < -0.3 is 14.1 Å². The second-order valence-corrected chi connectivity index (χ2v) is 13.3. The Kier molecular flexibility index (Phi) is 4.58. The topological polar surface area (TPSA) is 38.8 Å². The van der Waals surface area contributed by atoms with Crippen LogP contribution in [0.25, 0.3) is 5.57 Å². The molecule has 0 N–H and O–H groups in total. The second kappa shape index (κ2) is 6.29. The smallest absolute Gasteiger partial charge is 0.201 e. The van der Waals surface area contributed by atoms with Gasteiger partial charge in [0, 0.05) is 13.0 Å². The molecule has 0 aliphatic carbocycles. The van der Waals surface area contributed by atoms with Gasteiger partial charge in [-0.1, -0.05) is 51.1 Å². The van der Waals surface area contributed by atoms with Crippen molar-refractivity contribution in [2.75, 3.05) is 13.7 Å². The highest BCUT2D eigenvalue weighted by Crippen LogP contribution is 2.42. The van der Waals surface area contributed by atoms with Gasteiger partial charge in [-0.05, 0) is 23.7 Å². The SMILES string of the molecule is COC1=C(c2ccccc2)C(=O)C2CC(O[Si](C)(C)C(C)(C)C)CN12. The van der Waals surface area contributed by atoms with E-state index in [-0.39, 0.29) is 23.0 Å². The van der Waals surface area contributed by atoms with Gasteiger partial charge in [0.2, 0.25) is 5.88 Å². The van der Waals surface area contributed by atoms with Gasteiger partial charge >= 0.3 is 0 Å². The van der Waals surface area contributed by atoms with Crippen molar-refractivity contribution in [1.29, 1.82) is 0 Å². The van der Waals surface area contributed by atoms with Crippen molar-refractivity contribution in [1.82, 2.24) is 4.90 Å². The zero-order valence-corrected chi connectivity index (χ0v) is 17.1. The van der Waals surface area contributed by atoms with Crippen LogP contribution in [0, 0.1) is 0 Å². The summed E-state index contributed by atoms with van der Waals surface area (Å²) < 4.78 is 12.2. The third-order valence-electron chi connectivity index (χ3n) is 5.81. The minimum Gasteiger partial charge on any atom is -0.482 e. The molecule has 1 aromatic carbocycles. The average Bonchev–Trinajstić information content (AvgIpc) is 3.04. The number of ketones is 1. The average molecular weight is 360 g/mol. The highest BCUT2D eigenvalue weighted by atomic mass is 28.4. The molecule has 2 atom stereocenters. The minimum absolute atomic E-state index is 0.0947. The number of fused-ring (bicyclic) bond motifs is 1. The summed E-state index contributed by atoms with van der Waals surface area (Å²) in [6.45, 7) is 12.0. The summed E-state index contributed by atoms with van der Waals surface area (Å²) >= 11 is 0. The van der Waals surface area contributed by atoms with E-state index in [2.05, 4.69) is 38.8 Å². The highest BCUT2D eigenvalue weighted by molar-refractivity contribution is 6.74. The largest absolute Gasteiger partial charge is 0.482 e. The molecule has 0 amide bonds. The highest BCUT2D eigenvalue weighted by Gasteiger charge is 2.49. The summed E-state index contributed by atoms with van der Waals surface area (Å²) in [5, 5.41) is 0.166. The minimum atomic E-state index is -1.85. The Morgan fingerprint density at radius 2 is 1.80 bits per heavy atom. The molecule has 5 heteroatoms. The lowest BCUT2D eigenvalue weighted by Crippen LogP contribution is -2.44. The maximum absolute atomic E-state index is 13.0. The van der Waals surface area contributed by atoms with Crippen LogP contribution in [0.15, 0.2) is 36.2 Å². The Hall–Kier alpha value is -1.59. The first-order valence-electron chi connectivity index (χ1n) is 8.98. The van der Waals surface area contributed by atoms with E-state index >= 15 is 0 Å². The van der Waals surface area contributed by atoms with E-state index in [4.69, 9.17) is 9.16 Å². The van der Waals surface area contributed by atoms with Crippen molar-refractivity contribution in [2.45, 2.75) is 57.5 Å². The fourth-order valence-corrected chi connectivity index (χ4v) is 4.81. The Morgan fingerprint density at radius 1 is 1.16 bits per heavy atom. The second-order valence-electron chi connectivity index (χ2n) is 8.52. The van der Waals surface area contributed by atoms with Crippen LogP contribution in [0.5, 0.6) is 0 Å². The van der Waals surface area contributed by atoms with E-state index in [9.17, 15) is 4.79 Å². The Bertz CT molecular complexity index is 691. The molecule has 2 unspecified atom stereocenters. The van der Waals surface area contributed by atoms with Crippen LogP contribution in [0.3, 0.4) is 0 Å². The normalized spacial score (nSPS) is 24.1. The molecule has 0 bridgehead atoms. The summed E-state index contributed by atoms with van der Waals surface area (Å²) in [5.74, 6) is 0.854. The van der Waals surface area contributed by atoms with Crippen LogP contribution >= 0.6 is 0 Å².